The minimum atomic E-state index is -0.517. The number of ether oxygens (including phenoxy) is 1. The quantitative estimate of drug-likeness (QED) is 0.884. The molecule has 2 rings (SSSR count). The number of para-hydroxylation sites is 1. The Balaban J connectivity index is 1.94. The lowest BCUT2D eigenvalue weighted by Gasteiger charge is -2.17. The number of carbonyl (C=O) groups excluding carboxylic acids is 1. The molecule has 1 atom stereocenters. The summed E-state index contributed by atoms with van der Waals surface area (Å²) in [6, 6.07) is 15.9. The van der Waals surface area contributed by atoms with Crippen LogP contribution in [0.3, 0.4) is 0 Å². The zero-order valence-electron chi connectivity index (χ0n) is 13.4. The molecular formula is C19H23NO2. The van der Waals surface area contributed by atoms with Crippen LogP contribution in [0.15, 0.2) is 48.5 Å². The van der Waals surface area contributed by atoms with E-state index >= 15 is 0 Å². The molecule has 0 aromatic heterocycles. The average Bonchev–Trinajstić information content (AvgIpc) is 2.54. The predicted octanol–water partition coefficient (Wildman–Crippen LogP) is 3.64. The topological polar surface area (TPSA) is 38.3 Å². The molecule has 1 N–H and O–H groups in total. The first-order valence-electron chi connectivity index (χ1n) is 7.68. The van der Waals surface area contributed by atoms with Gasteiger partial charge in [0.25, 0.3) is 5.91 Å². The van der Waals surface area contributed by atoms with E-state index in [2.05, 4.69) is 12.2 Å². The van der Waals surface area contributed by atoms with Gasteiger partial charge in [0.05, 0.1) is 0 Å². The number of benzene rings is 2. The number of hydrogen-bond donors (Lipinski definition) is 1. The number of rotatable bonds is 6. The minimum Gasteiger partial charge on any atom is -0.481 e. The Hall–Kier alpha value is -2.29. The molecule has 0 bridgehead atoms. The normalized spacial score (nSPS) is 11.8. The molecule has 1 unspecified atom stereocenters. The van der Waals surface area contributed by atoms with Gasteiger partial charge in [-0.15, -0.1) is 0 Å². The van der Waals surface area contributed by atoms with Crippen molar-refractivity contribution in [1.29, 1.82) is 0 Å². The van der Waals surface area contributed by atoms with Gasteiger partial charge >= 0.3 is 0 Å². The molecule has 0 spiro atoms. The number of aryl methyl sites for hydroxylation is 2. The van der Waals surface area contributed by atoms with Gasteiger partial charge in [0.1, 0.15) is 5.75 Å². The molecule has 22 heavy (non-hydrogen) atoms. The second-order valence-corrected chi connectivity index (χ2v) is 5.37. The summed E-state index contributed by atoms with van der Waals surface area (Å²) < 4.78 is 5.80. The Kier molecular flexibility index (Phi) is 5.59. The maximum atomic E-state index is 12.2. The standard InChI is InChI=1S/C19H23NO2/c1-4-16-10-7-8-12-18(16)22-15(3)19(21)20-13-17-11-6-5-9-14(17)2/h5-12,15H,4,13H2,1-3H3,(H,20,21). The van der Waals surface area contributed by atoms with Gasteiger partial charge in [-0.2, -0.15) is 0 Å². The van der Waals surface area contributed by atoms with Crippen molar-refractivity contribution in [2.45, 2.75) is 39.8 Å². The van der Waals surface area contributed by atoms with Crippen LogP contribution >= 0.6 is 0 Å². The Morgan fingerprint density at radius 3 is 2.41 bits per heavy atom. The highest BCUT2D eigenvalue weighted by molar-refractivity contribution is 5.80. The van der Waals surface area contributed by atoms with Gasteiger partial charge < -0.3 is 10.1 Å². The van der Waals surface area contributed by atoms with Gasteiger partial charge in [0.15, 0.2) is 6.10 Å². The van der Waals surface area contributed by atoms with Crippen molar-refractivity contribution in [2.24, 2.45) is 0 Å². The molecule has 0 fully saturated rings. The van der Waals surface area contributed by atoms with Crippen LogP contribution in [-0.4, -0.2) is 12.0 Å². The lowest BCUT2D eigenvalue weighted by Crippen LogP contribution is -2.36. The van der Waals surface area contributed by atoms with E-state index in [-0.39, 0.29) is 5.91 Å². The maximum Gasteiger partial charge on any atom is 0.261 e. The third-order valence-electron chi connectivity index (χ3n) is 3.74. The van der Waals surface area contributed by atoms with Gasteiger partial charge in [-0.05, 0) is 43.0 Å². The van der Waals surface area contributed by atoms with Crippen molar-refractivity contribution >= 4 is 5.91 Å². The lowest BCUT2D eigenvalue weighted by molar-refractivity contribution is -0.127. The van der Waals surface area contributed by atoms with E-state index < -0.39 is 6.10 Å². The van der Waals surface area contributed by atoms with E-state index in [1.54, 1.807) is 6.92 Å². The fraction of sp³-hybridized carbons (Fsp3) is 0.316. The second-order valence-electron chi connectivity index (χ2n) is 5.37. The van der Waals surface area contributed by atoms with Crippen molar-refractivity contribution in [2.75, 3.05) is 0 Å². The summed E-state index contributed by atoms with van der Waals surface area (Å²) in [4.78, 5) is 12.2. The molecule has 0 saturated heterocycles. The highest BCUT2D eigenvalue weighted by Crippen LogP contribution is 2.19. The third kappa shape index (κ3) is 4.10. The monoisotopic (exact) mass is 297 g/mol. The highest BCUT2D eigenvalue weighted by atomic mass is 16.5. The summed E-state index contributed by atoms with van der Waals surface area (Å²) in [7, 11) is 0. The summed E-state index contributed by atoms with van der Waals surface area (Å²) in [5, 5.41) is 2.93. The van der Waals surface area contributed by atoms with E-state index in [0.29, 0.717) is 6.54 Å². The predicted molar refractivity (Wildman–Crippen MR) is 88.9 cm³/mol. The number of hydrogen-bond acceptors (Lipinski definition) is 2. The summed E-state index contributed by atoms with van der Waals surface area (Å²) in [6.45, 7) is 6.41. The van der Waals surface area contributed by atoms with Gasteiger partial charge in [-0.25, -0.2) is 0 Å². The second kappa shape index (κ2) is 7.64. The molecule has 3 heteroatoms. The molecule has 2 aromatic rings. The van der Waals surface area contributed by atoms with E-state index in [0.717, 1.165) is 23.3 Å². The van der Waals surface area contributed by atoms with Crippen LogP contribution in [0.5, 0.6) is 5.75 Å². The number of carbonyl (C=O) groups is 1. The van der Waals surface area contributed by atoms with Crippen molar-refractivity contribution in [3.05, 3.63) is 65.2 Å². The number of nitrogens with one attached hydrogen (secondary N) is 1. The summed E-state index contributed by atoms with van der Waals surface area (Å²) >= 11 is 0. The Morgan fingerprint density at radius 2 is 1.73 bits per heavy atom. The largest absolute Gasteiger partial charge is 0.481 e. The molecule has 0 radical (unpaired) electrons. The van der Waals surface area contributed by atoms with Crippen LogP contribution in [0.4, 0.5) is 0 Å². The molecule has 0 aliphatic rings. The Bertz CT molecular complexity index is 637. The van der Waals surface area contributed by atoms with Crippen LogP contribution < -0.4 is 10.1 Å². The van der Waals surface area contributed by atoms with Crippen LogP contribution in [-0.2, 0) is 17.8 Å². The van der Waals surface area contributed by atoms with Crippen LogP contribution in [0, 0.1) is 6.92 Å². The minimum absolute atomic E-state index is 0.103. The Labute approximate surface area is 132 Å². The Morgan fingerprint density at radius 1 is 1.09 bits per heavy atom. The first-order valence-corrected chi connectivity index (χ1v) is 7.68. The molecule has 0 aliphatic heterocycles. The highest BCUT2D eigenvalue weighted by Gasteiger charge is 2.15. The average molecular weight is 297 g/mol. The van der Waals surface area contributed by atoms with E-state index in [4.69, 9.17) is 4.74 Å². The number of amides is 1. The van der Waals surface area contributed by atoms with Crippen molar-refractivity contribution in [3.63, 3.8) is 0 Å². The molecular weight excluding hydrogens is 274 g/mol. The SMILES string of the molecule is CCc1ccccc1OC(C)C(=O)NCc1ccccc1C. The first kappa shape index (κ1) is 16.1. The molecule has 1 amide bonds. The molecule has 116 valence electrons. The van der Waals surface area contributed by atoms with Crippen molar-refractivity contribution in [3.8, 4) is 5.75 Å². The molecule has 0 saturated carbocycles. The van der Waals surface area contributed by atoms with Gasteiger partial charge in [0.2, 0.25) is 0 Å². The fourth-order valence-corrected chi connectivity index (χ4v) is 2.29. The zero-order chi connectivity index (χ0) is 15.9. The molecule has 0 aliphatic carbocycles. The van der Waals surface area contributed by atoms with Crippen LogP contribution in [0.25, 0.3) is 0 Å². The third-order valence-corrected chi connectivity index (χ3v) is 3.74. The van der Waals surface area contributed by atoms with Gasteiger partial charge in [-0.3, -0.25) is 4.79 Å². The first-order chi connectivity index (χ1) is 10.6. The van der Waals surface area contributed by atoms with E-state index in [1.807, 2.05) is 55.5 Å². The van der Waals surface area contributed by atoms with Crippen molar-refractivity contribution in [1.82, 2.24) is 5.32 Å². The summed E-state index contributed by atoms with van der Waals surface area (Å²) in [6.07, 6.45) is 0.366. The lowest BCUT2D eigenvalue weighted by atomic mass is 10.1. The summed E-state index contributed by atoms with van der Waals surface area (Å²) in [5.74, 6) is 0.678. The molecule has 2 aromatic carbocycles. The van der Waals surface area contributed by atoms with Gasteiger partial charge in [0, 0.05) is 6.54 Å². The van der Waals surface area contributed by atoms with E-state index in [9.17, 15) is 4.79 Å². The maximum absolute atomic E-state index is 12.2. The smallest absolute Gasteiger partial charge is 0.261 e. The molecule has 3 nitrogen and oxygen atoms in total. The van der Waals surface area contributed by atoms with Crippen LogP contribution in [0.2, 0.25) is 0 Å². The van der Waals surface area contributed by atoms with Crippen molar-refractivity contribution < 1.29 is 9.53 Å². The fourth-order valence-electron chi connectivity index (χ4n) is 2.29. The summed E-state index contributed by atoms with van der Waals surface area (Å²) in [5.41, 5.74) is 3.41. The molecule has 0 heterocycles. The zero-order valence-corrected chi connectivity index (χ0v) is 13.4. The van der Waals surface area contributed by atoms with Gasteiger partial charge in [-0.1, -0.05) is 49.4 Å². The van der Waals surface area contributed by atoms with E-state index in [1.165, 1.54) is 5.56 Å². The van der Waals surface area contributed by atoms with Crippen LogP contribution in [0.1, 0.15) is 30.5 Å².